The molecule has 35 heavy (non-hydrogen) atoms. The molecule has 1 saturated heterocycles. The number of nitriles is 1. The third-order valence-corrected chi connectivity index (χ3v) is 7.72. The van der Waals surface area contributed by atoms with Crippen molar-refractivity contribution in [2.24, 2.45) is 17.8 Å². The second-order valence-electron chi connectivity index (χ2n) is 10.5. The van der Waals surface area contributed by atoms with Crippen LogP contribution >= 0.6 is 0 Å². The zero-order valence-electron chi connectivity index (χ0n) is 21.8. The van der Waals surface area contributed by atoms with Crippen LogP contribution in [0.2, 0.25) is 0 Å². The standard InChI is InChI=1S/C29H45N3O3/c1-31-21-25(17-23-9-4-3-5-10-23)19-28(33)32-14-7-13-27(22-32)29(35-16-8-15-34-2)26-12-6-11-24(18-26)20-30/h6,11-12,18,23,25,27,29,31H,3-5,7-10,13-17,19,21-22H2,1-2H3/t25-,27-,29+/m1/s1. The highest BCUT2D eigenvalue weighted by atomic mass is 16.5. The Balaban J connectivity index is 1.64. The van der Waals surface area contributed by atoms with Crippen LogP contribution in [0.5, 0.6) is 0 Å². The number of carbonyl (C=O) groups is 1. The van der Waals surface area contributed by atoms with Gasteiger partial charge in [-0.3, -0.25) is 4.79 Å². The maximum absolute atomic E-state index is 13.4. The van der Waals surface area contributed by atoms with Crippen molar-refractivity contribution in [1.82, 2.24) is 10.2 Å². The lowest BCUT2D eigenvalue weighted by atomic mass is 9.81. The maximum atomic E-state index is 13.4. The number of likely N-dealkylation sites (tertiary alicyclic amines) is 1. The van der Waals surface area contributed by atoms with Gasteiger partial charge in [-0.25, -0.2) is 0 Å². The molecular weight excluding hydrogens is 438 g/mol. The van der Waals surface area contributed by atoms with E-state index in [9.17, 15) is 10.1 Å². The molecule has 1 aliphatic carbocycles. The van der Waals surface area contributed by atoms with Crippen molar-refractivity contribution in [1.29, 1.82) is 5.26 Å². The first kappa shape index (κ1) is 27.6. The van der Waals surface area contributed by atoms with Gasteiger partial charge >= 0.3 is 0 Å². The molecular formula is C29H45N3O3. The lowest BCUT2D eigenvalue weighted by Crippen LogP contribution is -2.43. The third kappa shape index (κ3) is 8.90. The van der Waals surface area contributed by atoms with E-state index in [1.54, 1.807) is 7.11 Å². The number of nitrogens with zero attached hydrogens (tertiary/aromatic N) is 2. The zero-order chi connectivity index (χ0) is 24.9. The van der Waals surface area contributed by atoms with E-state index in [1.807, 2.05) is 25.2 Å². The van der Waals surface area contributed by atoms with Gasteiger partial charge in [0.2, 0.25) is 5.91 Å². The molecule has 0 aromatic heterocycles. The van der Waals surface area contributed by atoms with Crippen molar-refractivity contribution in [3.05, 3.63) is 35.4 Å². The van der Waals surface area contributed by atoms with E-state index < -0.39 is 0 Å². The number of piperidine rings is 1. The van der Waals surface area contributed by atoms with Gasteiger partial charge in [-0.15, -0.1) is 0 Å². The van der Waals surface area contributed by atoms with Gasteiger partial charge in [0.05, 0.1) is 17.7 Å². The number of nitrogens with one attached hydrogen (secondary N) is 1. The second kappa shape index (κ2) is 15.2. The van der Waals surface area contributed by atoms with Crippen LogP contribution in [0.3, 0.4) is 0 Å². The lowest BCUT2D eigenvalue weighted by molar-refractivity contribution is -0.135. The fraction of sp³-hybridized carbons (Fsp3) is 0.724. The summed E-state index contributed by atoms with van der Waals surface area (Å²) in [7, 11) is 3.70. The van der Waals surface area contributed by atoms with E-state index in [1.165, 1.54) is 32.1 Å². The monoisotopic (exact) mass is 483 g/mol. The van der Waals surface area contributed by atoms with Gasteiger partial charge < -0.3 is 19.7 Å². The molecule has 1 heterocycles. The lowest BCUT2D eigenvalue weighted by Gasteiger charge is -2.38. The first-order chi connectivity index (χ1) is 17.1. The Kier molecular flexibility index (Phi) is 12.0. The summed E-state index contributed by atoms with van der Waals surface area (Å²) in [6, 6.07) is 10.00. The molecule has 1 N–H and O–H groups in total. The molecule has 1 aromatic carbocycles. The van der Waals surface area contributed by atoms with Gasteiger partial charge in [0.1, 0.15) is 0 Å². The van der Waals surface area contributed by atoms with E-state index in [-0.39, 0.29) is 17.9 Å². The molecule has 6 nitrogen and oxygen atoms in total. The summed E-state index contributed by atoms with van der Waals surface area (Å²) in [6.45, 7) is 3.73. The molecule has 2 aliphatic rings. The van der Waals surface area contributed by atoms with Crippen LogP contribution in [-0.2, 0) is 14.3 Å². The molecule has 1 amide bonds. The third-order valence-electron chi connectivity index (χ3n) is 7.72. The highest BCUT2D eigenvalue weighted by Crippen LogP contribution is 2.35. The van der Waals surface area contributed by atoms with Crippen LogP contribution in [0.1, 0.15) is 81.4 Å². The Hall–Kier alpha value is -1.94. The minimum absolute atomic E-state index is 0.119. The molecule has 6 heteroatoms. The first-order valence-corrected chi connectivity index (χ1v) is 13.7. The minimum atomic E-state index is -0.119. The van der Waals surface area contributed by atoms with Gasteiger partial charge in [-0.2, -0.15) is 5.26 Å². The number of rotatable bonds is 13. The van der Waals surface area contributed by atoms with E-state index in [2.05, 4.69) is 22.4 Å². The van der Waals surface area contributed by atoms with Gasteiger partial charge in [-0.1, -0.05) is 44.2 Å². The molecule has 3 rings (SSSR count). The van der Waals surface area contributed by atoms with Crippen molar-refractivity contribution >= 4 is 5.91 Å². The molecule has 3 atom stereocenters. The molecule has 2 fully saturated rings. The number of methoxy groups -OCH3 is 1. The predicted octanol–water partition coefficient (Wildman–Crippen LogP) is 5.09. The number of carbonyl (C=O) groups excluding carboxylic acids is 1. The van der Waals surface area contributed by atoms with Crippen molar-refractivity contribution in [3.63, 3.8) is 0 Å². The van der Waals surface area contributed by atoms with Gasteiger partial charge in [-0.05, 0) is 68.8 Å². The van der Waals surface area contributed by atoms with Crippen molar-refractivity contribution in [2.75, 3.05) is 47.0 Å². The van der Waals surface area contributed by atoms with Crippen LogP contribution < -0.4 is 5.32 Å². The molecule has 1 aromatic rings. The maximum Gasteiger partial charge on any atom is 0.222 e. The van der Waals surface area contributed by atoms with E-state index >= 15 is 0 Å². The fourth-order valence-electron chi connectivity index (χ4n) is 5.98. The molecule has 0 unspecified atom stereocenters. The Labute approximate surface area is 212 Å². The van der Waals surface area contributed by atoms with E-state index in [0.717, 1.165) is 56.8 Å². The Morgan fingerprint density at radius 1 is 1.20 bits per heavy atom. The predicted molar refractivity (Wildman–Crippen MR) is 139 cm³/mol. The molecule has 0 bridgehead atoms. The molecule has 1 aliphatic heterocycles. The van der Waals surface area contributed by atoms with Crippen molar-refractivity contribution < 1.29 is 14.3 Å². The Morgan fingerprint density at radius 3 is 2.77 bits per heavy atom. The average molecular weight is 484 g/mol. The van der Waals surface area contributed by atoms with E-state index in [4.69, 9.17) is 9.47 Å². The number of amides is 1. The summed E-state index contributed by atoms with van der Waals surface area (Å²) in [5, 5.41) is 12.7. The highest BCUT2D eigenvalue weighted by Gasteiger charge is 2.32. The Bertz CT molecular complexity index is 803. The summed E-state index contributed by atoms with van der Waals surface area (Å²) in [5.74, 6) is 1.70. The van der Waals surface area contributed by atoms with E-state index in [0.29, 0.717) is 31.1 Å². The van der Waals surface area contributed by atoms with Crippen molar-refractivity contribution in [3.8, 4) is 6.07 Å². The van der Waals surface area contributed by atoms with Crippen LogP contribution in [0.15, 0.2) is 24.3 Å². The molecule has 194 valence electrons. The van der Waals surface area contributed by atoms with Crippen LogP contribution in [0.25, 0.3) is 0 Å². The number of hydrogen-bond acceptors (Lipinski definition) is 5. The topological polar surface area (TPSA) is 74.6 Å². The molecule has 0 radical (unpaired) electrons. The highest BCUT2D eigenvalue weighted by molar-refractivity contribution is 5.76. The van der Waals surface area contributed by atoms with Gasteiger partial charge in [0.25, 0.3) is 0 Å². The summed E-state index contributed by atoms with van der Waals surface area (Å²) in [4.78, 5) is 15.5. The average Bonchev–Trinajstić information content (AvgIpc) is 2.89. The summed E-state index contributed by atoms with van der Waals surface area (Å²) < 4.78 is 11.6. The first-order valence-electron chi connectivity index (χ1n) is 13.7. The van der Waals surface area contributed by atoms with Crippen molar-refractivity contribution in [2.45, 2.75) is 70.3 Å². The molecule has 1 saturated carbocycles. The van der Waals surface area contributed by atoms with Gasteiger partial charge in [0, 0.05) is 45.8 Å². The van der Waals surface area contributed by atoms with Crippen LogP contribution in [0.4, 0.5) is 0 Å². The molecule has 0 spiro atoms. The number of ether oxygens (including phenoxy) is 2. The largest absolute Gasteiger partial charge is 0.385 e. The normalized spacial score (nSPS) is 20.8. The SMILES string of the molecule is CNC[C@@H](CC(=O)N1CCC[C@@H]([C@@H](OCCCOC)c2cccc(C#N)c2)C1)CC1CCCCC1. The second-order valence-corrected chi connectivity index (χ2v) is 10.5. The van der Waals surface area contributed by atoms with Crippen LogP contribution in [-0.4, -0.2) is 57.8 Å². The summed E-state index contributed by atoms with van der Waals surface area (Å²) in [6.07, 6.45) is 11.2. The summed E-state index contributed by atoms with van der Waals surface area (Å²) in [5.41, 5.74) is 1.68. The quantitative estimate of drug-likeness (QED) is 0.396. The fourth-order valence-corrected chi connectivity index (χ4v) is 5.98. The van der Waals surface area contributed by atoms with Gasteiger partial charge in [0.15, 0.2) is 0 Å². The van der Waals surface area contributed by atoms with Crippen LogP contribution in [0, 0.1) is 29.1 Å². The zero-order valence-corrected chi connectivity index (χ0v) is 21.8. The number of hydrogen-bond donors (Lipinski definition) is 1. The summed E-state index contributed by atoms with van der Waals surface area (Å²) >= 11 is 0. The smallest absolute Gasteiger partial charge is 0.222 e. The Morgan fingerprint density at radius 2 is 2.03 bits per heavy atom. The minimum Gasteiger partial charge on any atom is -0.385 e. The number of benzene rings is 1.